The van der Waals surface area contributed by atoms with E-state index in [4.69, 9.17) is 11.6 Å². The summed E-state index contributed by atoms with van der Waals surface area (Å²) in [4.78, 5) is 10.0. The first kappa shape index (κ1) is 21.2. The average Bonchev–Trinajstić information content (AvgIpc) is 2.71. The maximum atomic E-state index is 13.0. The summed E-state index contributed by atoms with van der Waals surface area (Å²) in [6.45, 7) is 0. The van der Waals surface area contributed by atoms with E-state index in [-0.39, 0.29) is 16.4 Å². The van der Waals surface area contributed by atoms with Crippen molar-refractivity contribution in [3.63, 3.8) is 0 Å². The van der Waals surface area contributed by atoms with Crippen molar-refractivity contribution < 1.29 is 17.7 Å². The number of anilines is 2. The molecule has 0 amide bonds. The van der Waals surface area contributed by atoms with Crippen molar-refractivity contribution in [3.05, 3.63) is 93.2 Å². The van der Waals surface area contributed by atoms with Crippen molar-refractivity contribution >= 4 is 44.9 Å². The molecule has 154 valence electrons. The van der Waals surface area contributed by atoms with E-state index in [1.807, 2.05) is 0 Å². The molecule has 0 radical (unpaired) electrons. The Hall–Kier alpha value is -3.50. The standard InChI is InChI=1S/C19H14ClFN4O4S/c20-16-3-1-2-4-17(16)24-30(28,29)19-11-15(25(26)27)9-10-18(19)23-22-12-13-5-7-14(21)8-6-13/h1-12,23-24H. The number of nitrogens with one attached hydrogen (secondary N) is 2. The third-order valence-electron chi connectivity index (χ3n) is 3.85. The Morgan fingerprint density at radius 1 is 1.03 bits per heavy atom. The first-order chi connectivity index (χ1) is 14.3. The van der Waals surface area contributed by atoms with Crippen molar-refractivity contribution in [2.45, 2.75) is 4.90 Å². The smallest absolute Gasteiger partial charge is 0.270 e. The van der Waals surface area contributed by atoms with Crippen LogP contribution in [-0.4, -0.2) is 19.6 Å². The summed E-state index contributed by atoms with van der Waals surface area (Å²) in [7, 11) is -4.25. The molecule has 0 saturated carbocycles. The molecular weight excluding hydrogens is 435 g/mol. The van der Waals surface area contributed by atoms with Gasteiger partial charge in [0.25, 0.3) is 15.7 Å². The van der Waals surface area contributed by atoms with Gasteiger partial charge in [0, 0.05) is 12.1 Å². The summed E-state index contributed by atoms with van der Waals surface area (Å²) in [6, 6.07) is 14.9. The minimum Gasteiger partial charge on any atom is -0.278 e. The molecule has 30 heavy (non-hydrogen) atoms. The molecule has 0 spiro atoms. The number of nitro groups is 1. The number of non-ortho nitro benzene ring substituents is 1. The fourth-order valence-corrected chi connectivity index (χ4v) is 3.90. The number of nitro benzene ring substituents is 1. The number of nitrogens with zero attached hydrogens (tertiary/aromatic N) is 2. The summed E-state index contributed by atoms with van der Waals surface area (Å²) in [5.41, 5.74) is 2.81. The summed E-state index contributed by atoms with van der Waals surface area (Å²) in [5, 5.41) is 15.2. The van der Waals surface area contributed by atoms with Crippen LogP contribution >= 0.6 is 11.6 Å². The van der Waals surface area contributed by atoms with Crippen LogP contribution in [0.15, 0.2) is 76.7 Å². The highest BCUT2D eigenvalue weighted by Gasteiger charge is 2.23. The van der Waals surface area contributed by atoms with Gasteiger partial charge < -0.3 is 0 Å². The van der Waals surface area contributed by atoms with Crippen molar-refractivity contribution in [1.82, 2.24) is 0 Å². The molecule has 0 aliphatic carbocycles. The third kappa shape index (κ3) is 5.10. The van der Waals surface area contributed by atoms with Crippen LogP contribution in [0.1, 0.15) is 5.56 Å². The van der Waals surface area contributed by atoms with Crippen LogP contribution in [0.5, 0.6) is 0 Å². The molecule has 11 heteroatoms. The lowest BCUT2D eigenvalue weighted by Gasteiger charge is -2.12. The lowest BCUT2D eigenvalue weighted by atomic mass is 10.2. The second kappa shape index (κ2) is 8.89. The first-order valence-corrected chi connectivity index (χ1v) is 10.2. The minimum absolute atomic E-state index is 0.00137. The van der Waals surface area contributed by atoms with Crippen molar-refractivity contribution in [2.75, 3.05) is 10.1 Å². The molecule has 3 aromatic rings. The predicted octanol–water partition coefficient (Wildman–Crippen LogP) is 4.63. The van der Waals surface area contributed by atoms with Gasteiger partial charge in [-0.3, -0.25) is 20.3 Å². The Balaban J connectivity index is 1.94. The minimum atomic E-state index is -4.25. The zero-order chi connectivity index (χ0) is 21.7. The molecular formula is C19H14ClFN4O4S. The van der Waals surface area contributed by atoms with Crippen molar-refractivity contribution in [3.8, 4) is 0 Å². The maximum Gasteiger partial charge on any atom is 0.270 e. The molecule has 3 aromatic carbocycles. The average molecular weight is 449 g/mol. The van der Waals surface area contributed by atoms with Crippen molar-refractivity contribution in [2.24, 2.45) is 5.10 Å². The molecule has 2 N–H and O–H groups in total. The summed E-state index contributed by atoms with van der Waals surface area (Å²) < 4.78 is 41.1. The Morgan fingerprint density at radius 2 is 1.73 bits per heavy atom. The van der Waals surface area contributed by atoms with Crippen LogP contribution in [0, 0.1) is 15.9 Å². The van der Waals surface area contributed by atoms with Crippen molar-refractivity contribution in [1.29, 1.82) is 0 Å². The van der Waals surface area contributed by atoms with Gasteiger partial charge in [-0.15, -0.1) is 0 Å². The summed E-state index contributed by atoms with van der Waals surface area (Å²) >= 11 is 6.00. The van der Waals surface area contributed by atoms with Crippen LogP contribution in [-0.2, 0) is 10.0 Å². The molecule has 0 atom stereocenters. The molecule has 3 rings (SSSR count). The van der Waals surface area contributed by atoms with E-state index in [0.717, 1.165) is 12.1 Å². The Bertz CT molecular complexity index is 1220. The summed E-state index contributed by atoms with van der Waals surface area (Å²) in [5.74, 6) is -0.408. The van der Waals surface area contributed by atoms with Gasteiger partial charge in [-0.2, -0.15) is 5.10 Å². The number of sulfonamides is 1. The van der Waals surface area contributed by atoms with E-state index in [2.05, 4.69) is 15.2 Å². The van der Waals surface area contributed by atoms with Crippen LogP contribution in [0.25, 0.3) is 0 Å². The third-order valence-corrected chi connectivity index (χ3v) is 5.59. The molecule has 0 fully saturated rings. The highest BCUT2D eigenvalue weighted by molar-refractivity contribution is 7.93. The number of hydrogen-bond donors (Lipinski definition) is 2. The molecule has 0 saturated heterocycles. The SMILES string of the molecule is O=[N+]([O-])c1ccc(NN=Cc2ccc(F)cc2)c(S(=O)(=O)Nc2ccccc2Cl)c1. The second-order valence-electron chi connectivity index (χ2n) is 5.94. The van der Waals surface area contributed by atoms with E-state index in [1.165, 1.54) is 48.7 Å². The highest BCUT2D eigenvalue weighted by atomic mass is 35.5. The number of para-hydroxylation sites is 1. The molecule has 0 aliphatic rings. The summed E-state index contributed by atoms with van der Waals surface area (Å²) in [6.07, 6.45) is 1.35. The van der Waals surface area contributed by atoms with E-state index in [0.29, 0.717) is 5.56 Å². The lowest BCUT2D eigenvalue weighted by molar-refractivity contribution is -0.385. The maximum absolute atomic E-state index is 13.0. The number of benzene rings is 3. The number of rotatable bonds is 7. The normalized spacial score (nSPS) is 11.4. The van der Waals surface area contributed by atoms with E-state index in [9.17, 15) is 22.9 Å². The first-order valence-electron chi connectivity index (χ1n) is 8.37. The van der Waals surface area contributed by atoms with Crippen LogP contribution in [0.4, 0.5) is 21.5 Å². The van der Waals surface area contributed by atoms with Gasteiger partial charge in [0.2, 0.25) is 0 Å². The zero-order valence-corrected chi connectivity index (χ0v) is 16.7. The van der Waals surface area contributed by atoms with Crippen LogP contribution < -0.4 is 10.1 Å². The van der Waals surface area contributed by atoms with Gasteiger partial charge in [0.05, 0.1) is 27.5 Å². The second-order valence-corrected chi connectivity index (χ2v) is 8.00. The number of halogens is 2. The van der Waals surface area contributed by atoms with Gasteiger partial charge >= 0.3 is 0 Å². The molecule has 0 heterocycles. The van der Waals surface area contributed by atoms with Gasteiger partial charge in [-0.25, -0.2) is 12.8 Å². The largest absolute Gasteiger partial charge is 0.278 e. The van der Waals surface area contributed by atoms with Crippen LogP contribution in [0.2, 0.25) is 5.02 Å². The predicted molar refractivity (Wildman–Crippen MR) is 113 cm³/mol. The highest BCUT2D eigenvalue weighted by Crippen LogP contribution is 2.30. The molecule has 0 bridgehead atoms. The topological polar surface area (TPSA) is 114 Å². The Morgan fingerprint density at radius 3 is 2.40 bits per heavy atom. The van der Waals surface area contributed by atoms with E-state index in [1.54, 1.807) is 12.1 Å². The fraction of sp³-hybridized carbons (Fsp3) is 0. The van der Waals surface area contributed by atoms with E-state index >= 15 is 0 Å². The van der Waals surface area contributed by atoms with Gasteiger partial charge in [0.1, 0.15) is 10.7 Å². The van der Waals surface area contributed by atoms with Gasteiger partial charge in [-0.05, 0) is 35.9 Å². The lowest BCUT2D eigenvalue weighted by Crippen LogP contribution is -2.15. The monoisotopic (exact) mass is 448 g/mol. The van der Waals surface area contributed by atoms with Gasteiger partial charge in [0.15, 0.2) is 0 Å². The quantitative estimate of drug-likeness (QED) is 0.310. The zero-order valence-electron chi connectivity index (χ0n) is 15.1. The Kier molecular flexibility index (Phi) is 6.28. The number of hydrogen-bond acceptors (Lipinski definition) is 6. The Labute approximate surface area is 176 Å². The van der Waals surface area contributed by atoms with Crippen LogP contribution in [0.3, 0.4) is 0 Å². The van der Waals surface area contributed by atoms with E-state index < -0.39 is 31.3 Å². The molecule has 8 nitrogen and oxygen atoms in total. The number of hydrazone groups is 1. The molecule has 0 aromatic heterocycles. The molecule has 0 aliphatic heterocycles. The fourth-order valence-electron chi connectivity index (χ4n) is 2.41. The van der Waals surface area contributed by atoms with Gasteiger partial charge in [-0.1, -0.05) is 35.9 Å². The molecule has 0 unspecified atom stereocenters.